The average molecular weight is 266 g/mol. The molecular weight excluding hydrogens is 258 g/mol. The van der Waals surface area contributed by atoms with E-state index in [1.807, 2.05) is 24.3 Å². The zero-order valence-corrected chi connectivity index (χ0v) is 9.31. The molecule has 15 heavy (non-hydrogen) atoms. The second kappa shape index (κ2) is 4.27. The predicted molar refractivity (Wildman–Crippen MR) is 60.7 cm³/mol. The highest BCUT2D eigenvalue weighted by Crippen LogP contribution is 2.22. The lowest BCUT2D eigenvalue weighted by atomic mass is 10.3. The van der Waals surface area contributed by atoms with E-state index >= 15 is 0 Å². The van der Waals surface area contributed by atoms with Crippen LogP contribution in [0.2, 0.25) is 0 Å². The molecule has 0 aliphatic carbocycles. The largest absolute Gasteiger partial charge is 0.437 e. The maximum absolute atomic E-state index is 5.46. The zero-order valence-electron chi connectivity index (χ0n) is 7.72. The molecule has 0 spiro atoms. The normalized spacial score (nSPS) is 9.93. The van der Waals surface area contributed by atoms with Crippen LogP contribution >= 0.6 is 15.9 Å². The molecule has 76 valence electrons. The summed E-state index contributed by atoms with van der Waals surface area (Å²) in [6, 6.07) is 10.8. The van der Waals surface area contributed by atoms with Gasteiger partial charge in [-0.3, -0.25) is 0 Å². The first-order valence-corrected chi connectivity index (χ1v) is 5.06. The quantitative estimate of drug-likeness (QED) is 0.907. The summed E-state index contributed by atoms with van der Waals surface area (Å²) in [7, 11) is 0. The third kappa shape index (κ3) is 2.66. The van der Waals surface area contributed by atoms with Crippen molar-refractivity contribution in [3.8, 4) is 11.6 Å². The van der Waals surface area contributed by atoms with Crippen LogP contribution in [-0.2, 0) is 0 Å². The van der Waals surface area contributed by atoms with Gasteiger partial charge in [0.25, 0.3) is 0 Å². The van der Waals surface area contributed by atoms with Gasteiger partial charge in [-0.25, -0.2) is 0 Å². The van der Waals surface area contributed by atoms with Crippen molar-refractivity contribution in [3.63, 3.8) is 0 Å². The number of aromatic nitrogens is 2. The van der Waals surface area contributed by atoms with E-state index in [0.717, 1.165) is 4.47 Å². The monoisotopic (exact) mass is 265 g/mol. The molecule has 0 amide bonds. The Bertz CT molecular complexity index is 458. The van der Waals surface area contributed by atoms with Crippen molar-refractivity contribution in [3.05, 3.63) is 40.9 Å². The van der Waals surface area contributed by atoms with Gasteiger partial charge in [0.2, 0.25) is 5.88 Å². The number of halogens is 1. The molecule has 0 fully saturated rings. The summed E-state index contributed by atoms with van der Waals surface area (Å²) in [5, 5.41) is 7.48. The Hall–Kier alpha value is -1.62. The smallest absolute Gasteiger partial charge is 0.238 e. The molecule has 0 bridgehead atoms. The maximum atomic E-state index is 5.46. The zero-order chi connectivity index (χ0) is 10.7. The molecule has 0 aliphatic rings. The van der Waals surface area contributed by atoms with E-state index in [1.165, 1.54) is 0 Å². The number of nitrogen functional groups attached to an aromatic ring is 1. The number of nitrogens with zero attached hydrogens (tertiary/aromatic N) is 2. The molecule has 1 aromatic heterocycles. The Labute approximate surface area is 95.2 Å². The van der Waals surface area contributed by atoms with Gasteiger partial charge in [-0.05, 0) is 24.3 Å². The molecule has 2 aromatic rings. The molecule has 1 heterocycles. The van der Waals surface area contributed by atoms with Gasteiger partial charge in [0.1, 0.15) is 11.6 Å². The first kappa shape index (κ1) is 9.92. The molecule has 2 N–H and O–H groups in total. The molecule has 0 atom stereocenters. The van der Waals surface area contributed by atoms with Gasteiger partial charge in [0.15, 0.2) is 0 Å². The highest BCUT2D eigenvalue weighted by molar-refractivity contribution is 9.10. The molecule has 4 nitrogen and oxygen atoms in total. The summed E-state index contributed by atoms with van der Waals surface area (Å²) in [4.78, 5) is 0. The highest BCUT2D eigenvalue weighted by atomic mass is 79.9. The standard InChI is InChI=1S/C10H8BrN3O/c11-7-2-1-3-8(6-7)15-10-5-4-9(12)13-14-10/h1-6H,(H2,12,13). The van der Waals surface area contributed by atoms with Crippen LogP contribution in [-0.4, -0.2) is 10.2 Å². The Balaban J connectivity index is 2.18. The fourth-order valence-corrected chi connectivity index (χ4v) is 1.41. The number of nitrogens with two attached hydrogens (primary N) is 1. The molecule has 2 rings (SSSR count). The van der Waals surface area contributed by atoms with Gasteiger partial charge in [0.05, 0.1) is 0 Å². The number of anilines is 1. The highest BCUT2D eigenvalue weighted by Gasteiger charge is 1.99. The van der Waals surface area contributed by atoms with Crippen molar-refractivity contribution < 1.29 is 4.74 Å². The Morgan fingerprint density at radius 1 is 1.13 bits per heavy atom. The lowest BCUT2D eigenvalue weighted by Crippen LogP contribution is -1.94. The van der Waals surface area contributed by atoms with Crippen molar-refractivity contribution >= 4 is 21.7 Å². The minimum absolute atomic E-state index is 0.372. The Morgan fingerprint density at radius 3 is 2.67 bits per heavy atom. The molecule has 1 aromatic carbocycles. The van der Waals surface area contributed by atoms with Crippen LogP contribution in [0.15, 0.2) is 40.9 Å². The van der Waals surface area contributed by atoms with Crippen molar-refractivity contribution in [1.29, 1.82) is 0 Å². The number of hydrogen-bond acceptors (Lipinski definition) is 4. The fraction of sp³-hybridized carbons (Fsp3) is 0. The minimum Gasteiger partial charge on any atom is -0.437 e. The van der Waals surface area contributed by atoms with Crippen LogP contribution in [0.25, 0.3) is 0 Å². The first-order chi connectivity index (χ1) is 7.24. The summed E-state index contributed by atoms with van der Waals surface area (Å²) in [5.41, 5.74) is 5.41. The van der Waals surface area contributed by atoms with Gasteiger partial charge in [-0.2, -0.15) is 0 Å². The van der Waals surface area contributed by atoms with Crippen LogP contribution in [0.1, 0.15) is 0 Å². The molecule has 0 saturated heterocycles. The number of benzene rings is 1. The molecular formula is C10H8BrN3O. The number of rotatable bonds is 2. The lowest BCUT2D eigenvalue weighted by molar-refractivity contribution is 0.455. The Kier molecular flexibility index (Phi) is 2.82. The molecule has 0 unspecified atom stereocenters. The molecule has 0 radical (unpaired) electrons. The topological polar surface area (TPSA) is 61.0 Å². The van der Waals surface area contributed by atoms with Gasteiger partial charge in [-0.15, -0.1) is 10.2 Å². The van der Waals surface area contributed by atoms with Gasteiger partial charge in [-0.1, -0.05) is 22.0 Å². The van der Waals surface area contributed by atoms with Crippen molar-refractivity contribution in [2.75, 3.05) is 5.73 Å². The third-order valence-electron chi connectivity index (χ3n) is 1.68. The van der Waals surface area contributed by atoms with Gasteiger partial charge >= 0.3 is 0 Å². The van der Waals surface area contributed by atoms with Gasteiger partial charge in [0, 0.05) is 10.5 Å². The second-order valence-corrected chi connectivity index (χ2v) is 3.77. The van der Waals surface area contributed by atoms with E-state index in [4.69, 9.17) is 10.5 Å². The van der Waals surface area contributed by atoms with Crippen LogP contribution in [0, 0.1) is 0 Å². The van der Waals surface area contributed by atoms with E-state index < -0.39 is 0 Å². The van der Waals surface area contributed by atoms with Crippen molar-refractivity contribution in [1.82, 2.24) is 10.2 Å². The predicted octanol–water partition coefficient (Wildman–Crippen LogP) is 2.61. The van der Waals surface area contributed by atoms with E-state index in [2.05, 4.69) is 26.1 Å². The average Bonchev–Trinajstić information content (AvgIpc) is 2.22. The van der Waals surface area contributed by atoms with Crippen LogP contribution in [0.3, 0.4) is 0 Å². The van der Waals surface area contributed by atoms with E-state index in [0.29, 0.717) is 17.4 Å². The Morgan fingerprint density at radius 2 is 2.00 bits per heavy atom. The summed E-state index contributed by atoms with van der Waals surface area (Å²) >= 11 is 3.35. The molecule has 0 aliphatic heterocycles. The molecule has 0 saturated carbocycles. The van der Waals surface area contributed by atoms with Crippen LogP contribution in [0.4, 0.5) is 5.82 Å². The number of hydrogen-bond donors (Lipinski definition) is 1. The van der Waals surface area contributed by atoms with Crippen LogP contribution < -0.4 is 10.5 Å². The van der Waals surface area contributed by atoms with Crippen molar-refractivity contribution in [2.45, 2.75) is 0 Å². The maximum Gasteiger partial charge on any atom is 0.238 e. The minimum atomic E-state index is 0.372. The SMILES string of the molecule is Nc1ccc(Oc2cccc(Br)c2)nn1. The summed E-state index contributed by atoms with van der Waals surface area (Å²) in [6.07, 6.45) is 0. The first-order valence-electron chi connectivity index (χ1n) is 4.27. The van der Waals surface area contributed by atoms with Crippen LogP contribution in [0.5, 0.6) is 11.6 Å². The summed E-state index contributed by atoms with van der Waals surface area (Å²) in [6.45, 7) is 0. The second-order valence-electron chi connectivity index (χ2n) is 2.86. The van der Waals surface area contributed by atoms with E-state index in [1.54, 1.807) is 12.1 Å². The van der Waals surface area contributed by atoms with Crippen molar-refractivity contribution in [2.24, 2.45) is 0 Å². The molecule has 5 heteroatoms. The van der Waals surface area contributed by atoms with E-state index in [9.17, 15) is 0 Å². The fourth-order valence-electron chi connectivity index (χ4n) is 1.04. The summed E-state index contributed by atoms with van der Waals surface area (Å²) < 4.78 is 6.40. The number of ether oxygens (including phenoxy) is 1. The summed E-state index contributed by atoms with van der Waals surface area (Å²) in [5.74, 6) is 1.49. The van der Waals surface area contributed by atoms with Gasteiger partial charge < -0.3 is 10.5 Å². The third-order valence-corrected chi connectivity index (χ3v) is 2.17. The lowest BCUT2D eigenvalue weighted by Gasteiger charge is -2.03. The van der Waals surface area contributed by atoms with E-state index in [-0.39, 0.29) is 0 Å².